The first-order valence-corrected chi connectivity index (χ1v) is 11.4. The Labute approximate surface area is 200 Å². The van der Waals surface area contributed by atoms with Gasteiger partial charge in [-0.1, -0.05) is 48.0 Å². The summed E-state index contributed by atoms with van der Waals surface area (Å²) in [6.07, 6.45) is 2.67. The smallest absolute Gasteiger partial charge is 0.172 e. The summed E-state index contributed by atoms with van der Waals surface area (Å²) >= 11 is 9.94. The first-order chi connectivity index (χ1) is 15.6. The van der Waals surface area contributed by atoms with Gasteiger partial charge < -0.3 is 10.2 Å². The van der Waals surface area contributed by atoms with E-state index in [0.717, 1.165) is 64.4 Å². The molecule has 0 spiro atoms. The Balaban J connectivity index is 1.44. The number of hydrogen-bond acceptors (Lipinski definition) is 5. The van der Waals surface area contributed by atoms with Crippen molar-refractivity contribution >= 4 is 39.0 Å². The molecule has 0 unspecified atom stereocenters. The molecular weight excluding hydrogens is 488 g/mol. The van der Waals surface area contributed by atoms with E-state index in [9.17, 15) is 5.26 Å². The van der Waals surface area contributed by atoms with Gasteiger partial charge in [0.25, 0.3) is 0 Å². The van der Waals surface area contributed by atoms with Crippen molar-refractivity contribution in [2.75, 3.05) is 25.5 Å². The Morgan fingerprint density at radius 2 is 1.97 bits per heavy atom. The predicted octanol–water partition coefficient (Wildman–Crippen LogP) is 5.62. The van der Waals surface area contributed by atoms with Gasteiger partial charge in [0.15, 0.2) is 5.65 Å². The quantitative estimate of drug-likeness (QED) is 0.312. The zero-order chi connectivity index (χ0) is 22.5. The maximum Gasteiger partial charge on any atom is 0.172 e. The second-order valence-corrected chi connectivity index (χ2v) is 8.78. The zero-order valence-electron chi connectivity index (χ0n) is 17.6. The fraction of sp³-hybridized carbons (Fsp3) is 0.208. The van der Waals surface area contributed by atoms with Crippen molar-refractivity contribution in [1.29, 1.82) is 5.26 Å². The first kappa shape index (κ1) is 22.3. The molecule has 4 rings (SSSR count). The number of nitriles is 1. The lowest BCUT2D eigenvalue weighted by atomic mass is 10.1. The number of hydrogen-bond donors (Lipinski definition) is 1. The third-order valence-electron chi connectivity index (χ3n) is 5.18. The van der Waals surface area contributed by atoms with Gasteiger partial charge in [0.1, 0.15) is 5.82 Å². The molecule has 0 amide bonds. The van der Waals surface area contributed by atoms with E-state index < -0.39 is 0 Å². The van der Waals surface area contributed by atoms with Crippen LogP contribution in [-0.4, -0.2) is 39.6 Å². The Hall–Kier alpha value is -2.92. The molecule has 2 aromatic heterocycles. The standard InChI is InChI=1S/C24H22BrClN6/c1-31(16-18-8-3-2-7-17(18)14-27)12-6-11-28-23-13-22(19-9-4-5-10-21(19)26)30-24-20(25)15-29-32(23)24/h2-5,7-10,13,15,28H,6,11-12,16H2,1H3. The molecule has 4 aromatic rings. The largest absolute Gasteiger partial charge is 0.370 e. The van der Waals surface area contributed by atoms with Crippen LogP contribution >= 0.6 is 27.5 Å². The lowest BCUT2D eigenvalue weighted by Gasteiger charge is -2.18. The van der Waals surface area contributed by atoms with Crippen molar-refractivity contribution in [2.45, 2.75) is 13.0 Å². The number of halogens is 2. The van der Waals surface area contributed by atoms with Crippen LogP contribution in [0, 0.1) is 11.3 Å². The van der Waals surface area contributed by atoms with Crippen LogP contribution in [0.2, 0.25) is 5.02 Å². The highest BCUT2D eigenvalue weighted by Gasteiger charge is 2.13. The molecule has 0 aliphatic rings. The molecule has 0 saturated heterocycles. The number of nitrogens with one attached hydrogen (secondary N) is 1. The van der Waals surface area contributed by atoms with Crippen molar-refractivity contribution in [3.8, 4) is 17.3 Å². The molecule has 2 heterocycles. The van der Waals surface area contributed by atoms with Gasteiger partial charge in [-0.3, -0.25) is 0 Å². The predicted molar refractivity (Wildman–Crippen MR) is 132 cm³/mol. The lowest BCUT2D eigenvalue weighted by molar-refractivity contribution is 0.325. The van der Waals surface area contributed by atoms with Gasteiger partial charge in [-0.25, -0.2) is 4.98 Å². The molecule has 6 nitrogen and oxygen atoms in total. The van der Waals surface area contributed by atoms with Crippen LogP contribution in [0.15, 0.2) is 65.3 Å². The summed E-state index contributed by atoms with van der Waals surface area (Å²) in [6, 6.07) is 19.6. The molecule has 0 aliphatic carbocycles. The molecule has 32 heavy (non-hydrogen) atoms. The number of nitrogens with zero attached hydrogens (tertiary/aromatic N) is 5. The van der Waals surface area contributed by atoms with Crippen LogP contribution in [-0.2, 0) is 6.54 Å². The second-order valence-electron chi connectivity index (χ2n) is 7.52. The van der Waals surface area contributed by atoms with E-state index in [0.29, 0.717) is 5.02 Å². The molecule has 0 bridgehead atoms. The Morgan fingerprint density at radius 1 is 1.19 bits per heavy atom. The minimum atomic E-state index is 0.658. The van der Waals surface area contributed by atoms with Gasteiger partial charge in [-0.2, -0.15) is 14.9 Å². The average Bonchev–Trinajstić information content (AvgIpc) is 3.18. The molecule has 0 radical (unpaired) electrons. The minimum Gasteiger partial charge on any atom is -0.370 e. The van der Waals surface area contributed by atoms with Crippen molar-refractivity contribution in [1.82, 2.24) is 19.5 Å². The zero-order valence-corrected chi connectivity index (χ0v) is 19.9. The Morgan fingerprint density at radius 3 is 2.78 bits per heavy atom. The van der Waals surface area contributed by atoms with Crippen LogP contribution in [0.25, 0.3) is 16.9 Å². The van der Waals surface area contributed by atoms with Crippen LogP contribution in [0.1, 0.15) is 17.5 Å². The number of aromatic nitrogens is 3. The van der Waals surface area contributed by atoms with E-state index in [1.807, 2.05) is 54.6 Å². The molecule has 1 N–H and O–H groups in total. The second kappa shape index (κ2) is 10.1. The number of fused-ring (bicyclic) bond motifs is 1. The van der Waals surface area contributed by atoms with E-state index in [4.69, 9.17) is 16.6 Å². The normalized spacial score (nSPS) is 11.1. The van der Waals surface area contributed by atoms with Crippen LogP contribution < -0.4 is 5.32 Å². The maximum atomic E-state index is 9.28. The van der Waals surface area contributed by atoms with Crippen molar-refractivity contribution in [2.24, 2.45) is 0 Å². The van der Waals surface area contributed by atoms with Gasteiger partial charge >= 0.3 is 0 Å². The number of benzene rings is 2. The minimum absolute atomic E-state index is 0.658. The van der Waals surface area contributed by atoms with E-state index in [-0.39, 0.29) is 0 Å². The van der Waals surface area contributed by atoms with Crippen LogP contribution in [0.5, 0.6) is 0 Å². The summed E-state index contributed by atoms with van der Waals surface area (Å²) in [5.74, 6) is 0.855. The fourth-order valence-electron chi connectivity index (χ4n) is 3.57. The third kappa shape index (κ3) is 4.94. The van der Waals surface area contributed by atoms with E-state index in [1.54, 1.807) is 10.7 Å². The molecule has 2 aromatic carbocycles. The van der Waals surface area contributed by atoms with Crippen molar-refractivity contribution in [3.63, 3.8) is 0 Å². The summed E-state index contributed by atoms with van der Waals surface area (Å²) in [7, 11) is 2.07. The van der Waals surface area contributed by atoms with Gasteiger partial charge in [0.2, 0.25) is 0 Å². The molecule has 0 aliphatic heterocycles. The van der Waals surface area contributed by atoms with E-state index in [1.165, 1.54) is 0 Å². The number of rotatable bonds is 8. The van der Waals surface area contributed by atoms with Gasteiger partial charge in [-0.15, -0.1) is 0 Å². The van der Waals surface area contributed by atoms with Crippen molar-refractivity contribution < 1.29 is 0 Å². The summed E-state index contributed by atoms with van der Waals surface area (Å²) < 4.78 is 2.61. The monoisotopic (exact) mass is 508 g/mol. The average molecular weight is 510 g/mol. The first-order valence-electron chi connectivity index (χ1n) is 10.3. The summed E-state index contributed by atoms with van der Waals surface area (Å²) in [4.78, 5) is 6.96. The maximum absolute atomic E-state index is 9.28. The molecule has 162 valence electrons. The van der Waals surface area contributed by atoms with Crippen molar-refractivity contribution in [3.05, 3.63) is 81.4 Å². The highest BCUT2D eigenvalue weighted by Crippen LogP contribution is 2.30. The van der Waals surface area contributed by atoms with Gasteiger partial charge in [0, 0.05) is 29.7 Å². The Kier molecular flexibility index (Phi) is 7.05. The number of anilines is 1. The summed E-state index contributed by atoms with van der Waals surface area (Å²) in [6.45, 7) is 2.40. The fourth-order valence-corrected chi connectivity index (χ4v) is 4.15. The van der Waals surface area contributed by atoms with Gasteiger partial charge in [0.05, 0.1) is 28.0 Å². The lowest BCUT2D eigenvalue weighted by Crippen LogP contribution is -2.22. The van der Waals surface area contributed by atoms with Crippen LogP contribution in [0.4, 0.5) is 5.82 Å². The summed E-state index contributed by atoms with van der Waals surface area (Å²) in [5, 5.41) is 17.9. The molecule has 8 heteroatoms. The molecular formula is C24H22BrClN6. The highest BCUT2D eigenvalue weighted by atomic mass is 79.9. The topological polar surface area (TPSA) is 69.2 Å². The third-order valence-corrected chi connectivity index (χ3v) is 6.07. The summed E-state index contributed by atoms with van der Waals surface area (Å²) in [5.41, 5.74) is 4.18. The van der Waals surface area contributed by atoms with Crippen LogP contribution in [0.3, 0.4) is 0 Å². The Bertz CT molecular complexity index is 1280. The van der Waals surface area contributed by atoms with E-state index in [2.05, 4.69) is 44.4 Å². The van der Waals surface area contributed by atoms with Gasteiger partial charge in [-0.05, 0) is 53.6 Å². The van der Waals surface area contributed by atoms with E-state index >= 15 is 0 Å². The SMILES string of the molecule is CN(CCCNc1cc(-c2ccccc2Cl)nc2c(Br)cnn12)Cc1ccccc1C#N. The molecule has 0 fully saturated rings. The molecule has 0 atom stereocenters. The highest BCUT2D eigenvalue weighted by molar-refractivity contribution is 9.10. The molecule has 0 saturated carbocycles.